The first-order valence-corrected chi connectivity index (χ1v) is 6.93. The summed E-state index contributed by atoms with van der Waals surface area (Å²) in [6, 6.07) is 8.19. The van der Waals surface area contributed by atoms with Gasteiger partial charge in [-0.3, -0.25) is 9.79 Å². The minimum Gasteiger partial charge on any atom is -0.370 e. The number of nitrogens with two attached hydrogens (primary N) is 1. The van der Waals surface area contributed by atoms with Crippen LogP contribution in [0.15, 0.2) is 29.3 Å². The molecule has 1 aliphatic carbocycles. The normalized spacial score (nSPS) is 15.0. The summed E-state index contributed by atoms with van der Waals surface area (Å²) in [5.74, 6) is 0.540. The van der Waals surface area contributed by atoms with Gasteiger partial charge in [-0.1, -0.05) is 12.1 Å². The van der Waals surface area contributed by atoms with Gasteiger partial charge >= 0.3 is 0 Å². The monoisotopic (exact) mass is 274 g/mol. The third-order valence-corrected chi connectivity index (χ3v) is 3.19. The van der Waals surface area contributed by atoms with E-state index in [1.165, 1.54) is 12.8 Å². The number of nitrogens with one attached hydrogen (secondary N) is 1. The first kappa shape index (κ1) is 14.4. The third kappa shape index (κ3) is 4.26. The van der Waals surface area contributed by atoms with E-state index in [4.69, 9.17) is 5.73 Å². The number of carbonyl (C=O) groups is 1. The highest BCUT2D eigenvalue weighted by atomic mass is 16.2. The van der Waals surface area contributed by atoms with Crippen molar-refractivity contribution in [1.29, 1.82) is 0 Å². The largest absolute Gasteiger partial charge is 0.370 e. The number of benzene rings is 1. The number of nitrogens with zero attached hydrogens (tertiary/aromatic N) is 2. The molecular weight excluding hydrogens is 252 g/mol. The lowest BCUT2D eigenvalue weighted by Crippen LogP contribution is -2.33. The fraction of sp³-hybridized carbons (Fsp3) is 0.467. The molecule has 1 saturated carbocycles. The van der Waals surface area contributed by atoms with Gasteiger partial charge in [0.15, 0.2) is 5.96 Å². The fourth-order valence-corrected chi connectivity index (χ4v) is 1.91. The zero-order chi connectivity index (χ0) is 14.5. The van der Waals surface area contributed by atoms with Gasteiger partial charge in [-0.2, -0.15) is 0 Å². The van der Waals surface area contributed by atoms with Gasteiger partial charge in [0.25, 0.3) is 5.91 Å². The predicted octanol–water partition coefficient (Wildman–Crippen LogP) is 0.998. The maximum absolute atomic E-state index is 11.9. The van der Waals surface area contributed by atoms with Crippen LogP contribution < -0.4 is 11.1 Å². The SMILES string of the molecule is CN(C)C(=O)c1cccc(CCN=C(N)NC2CC2)c1. The molecule has 5 nitrogen and oxygen atoms in total. The lowest BCUT2D eigenvalue weighted by molar-refractivity contribution is 0.0827. The fourth-order valence-electron chi connectivity index (χ4n) is 1.91. The van der Waals surface area contributed by atoms with E-state index >= 15 is 0 Å². The van der Waals surface area contributed by atoms with Gasteiger partial charge in [0.1, 0.15) is 0 Å². The molecule has 2 rings (SSSR count). The molecule has 1 aromatic carbocycles. The topological polar surface area (TPSA) is 70.7 Å². The molecule has 1 aromatic rings. The van der Waals surface area contributed by atoms with Gasteiger partial charge in [0, 0.05) is 32.2 Å². The van der Waals surface area contributed by atoms with Gasteiger partial charge in [-0.25, -0.2) is 0 Å². The molecule has 5 heteroatoms. The van der Waals surface area contributed by atoms with Gasteiger partial charge < -0.3 is 16.0 Å². The minimum atomic E-state index is 0.0188. The van der Waals surface area contributed by atoms with Crippen LogP contribution in [0.1, 0.15) is 28.8 Å². The van der Waals surface area contributed by atoms with Crippen molar-refractivity contribution < 1.29 is 4.79 Å². The van der Waals surface area contributed by atoms with Crippen molar-refractivity contribution in [3.8, 4) is 0 Å². The molecule has 1 amide bonds. The average Bonchev–Trinajstić information content (AvgIpc) is 3.22. The summed E-state index contributed by atoms with van der Waals surface area (Å²) >= 11 is 0. The molecule has 0 spiro atoms. The van der Waals surface area contributed by atoms with E-state index in [2.05, 4.69) is 10.3 Å². The third-order valence-electron chi connectivity index (χ3n) is 3.19. The number of rotatable bonds is 5. The molecule has 0 atom stereocenters. The highest BCUT2D eigenvalue weighted by Gasteiger charge is 2.21. The number of guanidine groups is 1. The molecule has 0 saturated heterocycles. The molecule has 1 fully saturated rings. The molecule has 0 aromatic heterocycles. The zero-order valence-corrected chi connectivity index (χ0v) is 12.1. The first-order chi connectivity index (χ1) is 9.56. The summed E-state index contributed by atoms with van der Waals surface area (Å²) in [5, 5.41) is 3.15. The van der Waals surface area contributed by atoms with Crippen LogP contribution in [-0.4, -0.2) is 43.4 Å². The van der Waals surface area contributed by atoms with E-state index in [0.717, 1.165) is 12.0 Å². The van der Waals surface area contributed by atoms with Crippen LogP contribution in [0.5, 0.6) is 0 Å². The average molecular weight is 274 g/mol. The summed E-state index contributed by atoms with van der Waals surface area (Å²) in [6.45, 7) is 0.630. The quantitative estimate of drug-likeness (QED) is 0.621. The van der Waals surface area contributed by atoms with Crippen molar-refractivity contribution in [3.05, 3.63) is 35.4 Å². The Morgan fingerprint density at radius 3 is 2.85 bits per heavy atom. The van der Waals surface area contributed by atoms with E-state index in [-0.39, 0.29) is 5.91 Å². The molecule has 1 aliphatic rings. The van der Waals surface area contributed by atoms with Gasteiger partial charge in [0.05, 0.1) is 0 Å². The summed E-state index contributed by atoms with van der Waals surface area (Å²) in [4.78, 5) is 17.8. The maximum Gasteiger partial charge on any atom is 0.253 e. The number of aliphatic imine (C=N–C) groups is 1. The van der Waals surface area contributed by atoms with Crippen molar-refractivity contribution in [2.24, 2.45) is 10.7 Å². The zero-order valence-electron chi connectivity index (χ0n) is 12.1. The highest BCUT2D eigenvalue weighted by Crippen LogP contribution is 2.18. The van der Waals surface area contributed by atoms with Crippen molar-refractivity contribution in [1.82, 2.24) is 10.2 Å². The summed E-state index contributed by atoms with van der Waals surface area (Å²) in [7, 11) is 3.51. The Kier molecular flexibility index (Phi) is 4.61. The van der Waals surface area contributed by atoms with Crippen LogP contribution in [0.4, 0.5) is 0 Å². The Hall–Kier alpha value is -2.04. The van der Waals surface area contributed by atoms with E-state index in [9.17, 15) is 4.79 Å². The first-order valence-electron chi connectivity index (χ1n) is 6.93. The highest BCUT2D eigenvalue weighted by molar-refractivity contribution is 5.94. The van der Waals surface area contributed by atoms with Crippen LogP contribution in [0.2, 0.25) is 0 Å². The Bertz CT molecular complexity index is 506. The molecular formula is C15H22N4O. The van der Waals surface area contributed by atoms with E-state index < -0.39 is 0 Å². The minimum absolute atomic E-state index is 0.0188. The number of hydrogen-bond acceptors (Lipinski definition) is 2. The molecule has 0 radical (unpaired) electrons. The second kappa shape index (κ2) is 6.41. The molecule has 0 bridgehead atoms. The maximum atomic E-state index is 11.9. The predicted molar refractivity (Wildman–Crippen MR) is 80.8 cm³/mol. The number of carbonyl (C=O) groups excluding carboxylic acids is 1. The van der Waals surface area contributed by atoms with Crippen LogP contribution in [0, 0.1) is 0 Å². The van der Waals surface area contributed by atoms with Crippen LogP contribution in [0.25, 0.3) is 0 Å². The number of amides is 1. The van der Waals surface area contributed by atoms with E-state index in [1.54, 1.807) is 19.0 Å². The van der Waals surface area contributed by atoms with E-state index in [0.29, 0.717) is 24.1 Å². The van der Waals surface area contributed by atoms with E-state index in [1.807, 2.05) is 24.3 Å². The standard InChI is InChI=1S/C15H22N4O/c1-19(2)14(20)12-5-3-4-11(10-12)8-9-17-15(16)18-13-6-7-13/h3-5,10,13H,6-9H2,1-2H3,(H3,16,17,18). The van der Waals surface area contributed by atoms with Crippen molar-refractivity contribution in [2.45, 2.75) is 25.3 Å². The Balaban J connectivity index is 1.89. The molecule has 3 N–H and O–H groups in total. The van der Waals surface area contributed by atoms with Gasteiger partial charge in [-0.15, -0.1) is 0 Å². The van der Waals surface area contributed by atoms with Crippen LogP contribution in [-0.2, 0) is 6.42 Å². The van der Waals surface area contributed by atoms with Crippen LogP contribution in [0.3, 0.4) is 0 Å². The Morgan fingerprint density at radius 1 is 1.45 bits per heavy atom. The van der Waals surface area contributed by atoms with Gasteiger partial charge in [-0.05, 0) is 37.0 Å². The molecule has 0 aliphatic heterocycles. The second-order valence-electron chi connectivity index (χ2n) is 5.34. The lowest BCUT2D eigenvalue weighted by atomic mass is 10.1. The Morgan fingerprint density at radius 2 is 2.20 bits per heavy atom. The van der Waals surface area contributed by atoms with Crippen LogP contribution >= 0.6 is 0 Å². The Labute approximate surface area is 119 Å². The van der Waals surface area contributed by atoms with Crippen molar-refractivity contribution >= 4 is 11.9 Å². The molecule has 108 valence electrons. The molecule has 0 heterocycles. The van der Waals surface area contributed by atoms with Gasteiger partial charge in [0.2, 0.25) is 0 Å². The smallest absolute Gasteiger partial charge is 0.253 e. The molecule has 20 heavy (non-hydrogen) atoms. The summed E-state index contributed by atoms with van der Waals surface area (Å²) in [6.07, 6.45) is 3.15. The number of hydrogen-bond donors (Lipinski definition) is 2. The lowest BCUT2D eigenvalue weighted by Gasteiger charge is -2.11. The summed E-state index contributed by atoms with van der Waals surface area (Å²) < 4.78 is 0. The van der Waals surface area contributed by atoms with Crippen molar-refractivity contribution in [3.63, 3.8) is 0 Å². The second-order valence-corrected chi connectivity index (χ2v) is 5.34. The summed E-state index contributed by atoms with van der Waals surface area (Å²) in [5.41, 5.74) is 7.58. The van der Waals surface area contributed by atoms with Crippen molar-refractivity contribution in [2.75, 3.05) is 20.6 Å². The molecule has 0 unspecified atom stereocenters.